The molecule has 2 aliphatic heterocycles. The monoisotopic (exact) mass is 878 g/mol. The molecule has 7 aromatic rings. The Balaban J connectivity index is 0.808. The molecule has 1 unspecified atom stereocenters. The standard InChI is InChI=1S/C47H50N12O6/c1-5-59-38(21-33(56-59)27-13-14-27)52-43-41-30-20-36(64-4)31(40-24(2)57-65-25(40)3)19-34(30)51-42(41)54-44(55-43)46(62)48-18-17-28-22-49-37(50-28)12-7-6-9-26-10-8-11-29-32(26)23-58(47(29)63)35-15-16-39(60)53-45(35)61/h8,10-11,19-22,27,35H,5-7,9,12-18,23H2,1-4H3,(H,48,62)(H,49,50)(H,53,60,61)(H2,51,52,54,55). The molecule has 3 aliphatic rings. The molecule has 10 rings (SSSR count). The predicted octanol–water partition coefficient (Wildman–Crippen LogP) is 6.25. The van der Waals surface area contributed by atoms with Gasteiger partial charge in [-0.15, -0.1) is 0 Å². The number of piperidine rings is 1. The molecule has 5 N–H and O–H groups in total. The molecule has 0 spiro atoms. The molecule has 4 amide bonds. The van der Waals surface area contributed by atoms with Crippen LogP contribution < -0.4 is 20.7 Å². The fourth-order valence-corrected chi connectivity index (χ4v) is 9.27. The molecular formula is C47H50N12O6. The summed E-state index contributed by atoms with van der Waals surface area (Å²) >= 11 is 0. The minimum absolute atomic E-state index is 0.0110. The predicted molar refractivity (Wildman–Crippen MR) is 240 cm³/mol. The number of nitrogens with zero attached hydrogens (tertiary/aromatic N) is 7. The van der Waals surface area contributed by atoms with Gasteiger partial charge in [-0.25, -0.2) is 19.6 Å². The fraction of sp³-hybridized carbons (Fsp3) is 0.383. The fourth-order valence-electron chi connectivity index (χ4n) is 9.27. The summed E-state index contributed by atoms with van der Waals surface area (Å²) in [7, 11) is 1.63. The number of aryl methyl sites for hydroxylation is 5. The van der Waals surface area contributed by atoms with Gasteiger partial charge >= 0.3 is 0 Å². The highest BCUT2D eigenvalue weighted by molar-refractivity contribution is 6.14. The number of carbonyl (C=O) groups is 4. The Kier molecular flexibility index (Phi) is 10.9. The lowest BCUT2D eigenvalue weighted by Gasteiger charge is -2.29. The van der Waals surface area contributed by atoms with Crippen molar-refractivity contribution in [2.24, 2.45) is 0 Å². The van der Waals surface area contributed by atoms with Crippen LogP contribution in [0.2, 0.25) is 0 Å². The second-order valence-electron chi connectivity index (χ2n) is 17.1. The first kappa shape index (κ1) is 41.6. The zero-order valence-corrected chi connectivity index (χ0v) is 36.8. The molecule has 2 aromatic carbocycles. The van der Waals surface area contributed by atoms with Crippen LogP contribution in [-0.4, -0.2) is 88.1 Å². The van der Waals surface area contributed by atoms with E-state index in [1.54, 1.807) is 18.2 Å². The van der Waals surface area contributed by atoms with E-state index >= 15 is 0 Å². The van der Waals surface area contributed by atoms with Crippen molar-refractivity contribution in [3.8, 4) is 16.9 Å². The Labute approximate surface area is 373 Å². The molecule has 0 bridgehead atoms. The number of ether oxygens (including phenoxy) is 1. The number of benzene rings is 2. The van der Waals surface area contributed by atoms with Crippen LogP contribution >= 0.6 is 0 Å². The van der Waals surface area contributed by atoms with Gasteiger partial charge in [0.15, 0.2) is 0 Å². The van der Waals surface area contributed by atoms with Crippen LogP contribution in [-0.2, 0) is 41.9 Å². The van der Waals surface area contributed by atoms with Crippen molar-refractivity contribution >= 4 is 57.2 Å². The molecular weight excluding hydrogens is 829 g/mol. The summed E-state index contributed by atoms with van der Waals surface area (Å²) in [5.41, 5.74) is 8.30. The summed E-state index contributed by atoms with van der Waals surface area (Å²) < 4.78 is 13.3. The lowest BCUT2D eigenvalue weighted by atomic mass is 9.98. The highest BCUT2D eigenvalue weighted by Gasteiger charge is 2.39. The average Bonchev–Trinajstić information content (AvgIpc) is 3.55. The third-order valence-electron chi connectivity index (χ3n) is 12.8. The van der Waals surface area contributed by atoms with Crippen LogP contribution in [0, 0.1) is 13.8 Å². The molecule has 1 saturated carbocycles. The number of rotatable bonds is 16. The number of unbranched alkanes of at least 4 members (excludes halogenated alkanes) is 1. The van der Waals surface area contributed by atoms with Crippen molar-refractivity contribution in [1.29, 1.82) is 0 Å². The molecule has 1 aliphatic carbocycles. The summed E-state index contributed by atoms with van der Waals surface area (Å²) in [5.74, 6) is 2.59. The second-order valence-corrected chi connectivity index (χ2v) is 17.1. The van der Waals surface area contributed by atoms with E-state index < -0.39 is 17.9 Å². The number of carbonyl (C=O) groups excluding carboxylic acids is 4. The molecule has 0 radical (unpaired) electrons. The van der Waals surface area contributed by atoms with E-state index in [-0.39, 0.29) is 24.1 Å². The molecule has 334 valence electrons. The third kappa shape index (κ3) is 7.97. The number of anilines is 2. The smallest absolute Gasteiger partial charge is 0.289 e. The maximum Gasteiger partial charge on any atom is 0.289 e. The van der Waals surface area contributed by atoms with E-state index in [1.807, 2.05) is 55.8 Å². The molecule has 2 fully saturated rings. The van der Waals surface area contributed by atoms with Gasteiger partial charge in [0.25, 0.3) is 11.8 Å². The van der Waals surface area contributed by atoms with Gasteiger partial charge in [0.05, 0.1) is 29.4 Å². The average molecular weight is 879 g/mol. The number of aromatic amines is 2. The van der Waals surface area contributed by atoms with Crippen LogP contribution in [0.5, 0.6) is 5.75 Å². The van der Waals surface area contributed by atoms with Gasteiger partial charge in [-0.3, -0.25) is 24.5 Å². The highest BCUT2D eigenvalue weighted by atomic mass is 16.5. The van der Waals surface area contributed by atoms with Gasteiger partial charge in [-0.05, 0) is 88.6 Å². The Bertz CT molecular complexity index is 3010. The SMILES string of the molecule is CCn1nc(C2CC2)cc1Nc1nc(C(=O)NCCc2cnc(CCCCc3cccc4c3CN(C3CCC(=O)NC3=O)C4=O)[nH]2)nc2[nH]c3cc(-c4c(C)noc4C)c(OC)cc3c12. The quantitative estimate of drug-likeness (QED) is 0.0536. The zero-order chi connectivity index (χ0) is 44.9. The highest BCUT2D eigenvalue weighted by Crippen LogP contribution is 2.43. The minimum Gasteiger partial charge on any atom is -0.496 e. The molecule has 7 heterocycles. The number of aromatic nitrogens is 8. The zero-order valence-electron chi connectivity index (χ0n) is 36.8. The number of imidazole rings is 1. The van der Waals surface area contributed by atoms with Gasteiger partial charge in [-0.2, -0.15) is 5.10 Å². The van der Waals surface area contributed by atoms with E-state index in [9.17, 15) is 19.2 Å². The van der Waals surface area contributed by atoms with Crippen LogP contribution in [0.1, 0.15) is 112 Å². The summed E-state index contributed by atoms with van der Waals surface area (Å²) in [6.45, 7) is 7.16. The molecule has 1 atom stereocenters. The van der Waals surface area contributed by atoms with E-state index in [4.69, 9.17) is 24.3 Å². The largest absolute Gasteiger partial charge is 0.496 e. The number of methoxy groups -OCH3 is 1. The number of fused-ring (bicyclic) bond motifs is 4. The Hall–Kier alpha value is -7.37. The van der Waals surface area contributed by atoms with Gasteiger partial charge in [-0.1, -0.05) is 17.3 Å². The summed E-state index contributed by atoms with van der Waals surface area (Å²) in [6.07, 6.45) is 8.40. The van der Waals surface area contributed by atoms with Gasteiger partial charge < -0.3 is 34.8 Å². The molecule has 1 saturated heterocycles. The maximum atomic E-state index is 13.8. The van der Waals surface area contributed by atoms with Crippen LogP contribution in [0.3, 0.4) is 0 Å². The van der Waals surface area contributed by atoms with Crippen molar-refractivity contribution in [3.05, 3.63) is 93.8 Å². The van der Waals surface area contributed by atoms with E-state index in [1.165, 1.54) is 0 Å². The second kappa shape index (κ2) is 17.0. The normalized spacial score (nSPS) is 16.2. The van der Waals surface area contributed by atoms with Crippen molar-refractivity contribution in [1.82, 2.24) is 55.4 Å². The van der Waals surface area contributed by atoms with Crippen LogP contribution in [0.15, 0.2) is 47.1 Å². The van der Waals surface area contributed by atoms with Crippen LogP contribution in [0.4, 0.5) is 11.6 Å². The first-order valence-electron chi connectivity index (χ1n) is 22.3. The van der Waals surface area contributed by atoms with Crippen molar-refractivity contribution in [3.63, 3.8) is 0 Å². The lowest BCUT2D eigenvalue weighted by Crippen LogP contribution is -2.52. The Morgan fingerprint density at radius 2 is 1.85 bits per heavy atom. The lowest BCUT2D eigenvalue weighted by molar-refractivity contribution is -0.136. The molecule has 18 nitrogen and oxygen atoms in total. The van der Waals surface area contributed by atoms with Gasteiger partial charge in [0.2, 0.25) is 17.6 Å². The Morgan fingerprint density at radius 1 is 1.00 bits per heavy atom. The first-order valence-corrected chi connectivity index (χ1v) is 22.3. The van der Waals surface area contributed by atoms with Gasteiger partial charge in [0.1, 0.15) is 40.7 Å². The van der Waals surface area contributed by atoms with E-state index in [0.29, 0.717) is 72.3 Å². The molecule has 65 heavy (non-hydrogen) atoms. The number of hydrogen-bond acceptors (Lipinski definition) is 12. The molecule has 18 heteroatoms. The number of H-pyrrole nitrogens is 2. The van der Waals surface area contributed by atoms with Gasteiger partial charge in [0, 0.05) is 84.8 Å². The summed E-state index contributed by atoms with van der Waals surface area (Å²) in [4.78, 5) is 73.9. The Morgan fingerprint density at radius 3 is 2.62 bits per heavy atom. The van der Waals surface area contributed by atoms with Crippen molar-refractivity contribution in [2.45, 2.75) is 104 Å². The van der Waals surface area contributed by atoms with E-state index in [2.05, 4.69) is 42.1 Å². The summed E-state index contributed by atoms with van der Waals surface area (Å²) in [5, 5.41) is 19.4. The number of amides is 4. The van der Waals surface area contributed by atoms with Crippen molar-refractivity contribution in [2.75, 3.05) is 19.0 Å². The number of nitrogens with one attached hydrogen (secondary N) is 5. The maximum absolute atomic E-state index is 13.8. The molecule has 5 aromatic heterocycles. The van der Waals surface area contributed by atoms with E-state index in [0.717, 1.165) is 100 Å². The first-order chi connectivity index (χ1) is 31.6. The topological polar surface area (TPSA) is 231 Å². The summed E-state index contributed by atoms with van der Waals surface area (Å²) in [6, 6.07) is 11.1. The van der Waals surface area contributed by atoms with Crippen LogP contribution in [0.25, 0.3) is 33.1 Å². The minimum atomic E-state index is -0.635. The van der Waals surface area contributed by atoms with Crippen molar-refractivity contribution < 1.29 is 28.4 Å². The number of imide groups is 1. The third-order valence-corrected chi connectivity index (χ3v) is 12.8. The number of hydrogen-bond donors (Lipinski definition) is 5.